The van der Waals surface area contributed by atoms with Gasteiger partial charge in [-0.2, -0.15) is 13.2 Å². The Kier molecular flexibility index (Phi) is 3.92. The third-order valence-corrected chi connectivity index (χ3v) is 5.16. The number of carboxylic acids is 1. The second-order valence-electron chi connectivity index (χ2n) is 6.62. The molecule has 1 aromatic rings. The standard InChI is InChI=1S/C16H17F3N2O4/c1-8-11-9(3-2-4-10(11)22)20-12(8)13(23)21-6-5-15(7-21,14(24)25)16(17,18)19/h20H,2-7H2,1H3,(H,24,25). The highest BCUT2D eigenvalue weighted by atomic mass is 19.4. The average Bonchev–Trinajstić information content (AvgIpc) is 3.10. The number of ketones is 1. The van der Waals surface area contributed by atoms with E-state index in [9.17, 15) is 27.6 Å². The highest BCUT2D eigenvalue weighted by Crippen LogP contribution is 2.46. The van der Waals surface area contributed by atoms with Crippen molar-refractivity contribution in [2.24, 2.45) is 5.41 Å². The van der Waals surface area contributed by atoms with E-state index in [0.29, 0.717) is 36.1 Å². The number of aromatic amines is 1. The number of carbonyl (C=O) groups is 3. The molecule has 1 saturated heterocycles. The number of likely N-dealkylation sites (tertiary alicyclic amines) is 1. The van der Waals surface area contributed by atoms with Crippen LogP contribution in [0, 0.1) is 12.3 Å². The lowest BCUT2D eigenvalue weighted by molar-refractivity contribution is -0.227. The molecule has 1 amide bonds. The number of fused-ring (bicyclic) bond motifs is 1. The summed E-state index contributed by atoms with van der Waals surface area (Å²) in [5.41, 5.74) is -1.39. The van der Waals surface area contributed by atoms with Crippen LogP contribution < -0.4 is 0 Å². The van der Waals surface area contributed by atoms with Crippen LogP contribution in [0.3, 0.4) is 0 Å². The summed E-state index contributed by atoms with van der Waals surface area (Å²) in [5.74, 6) is -2.77. The van der Waals surface area contributed by atoms with E-state index in [4.69, 9.17) is 5.11 Å². The van der Waals surface area contributed by atoms with Crippen LogP contribution in [-0.4, -0.2) is 51.9 Å². The van der Waals surface area contributed by atoms with Crippen molar-refractivity contribution in [2.75, 3.05) is 13.1 Å². The number of hydrogen-bond donors (Lipinski definition) is 2. The van der Waals surface area contributed by atoms with E-state index in [-0.39, 0.29) is 18.0 Å². The number of carbonyl (C=O) groups excluding carboxylic acids is 2. The summed E-state index contributed by atoms with van der Waals surface area (Å²) in [4.78, 5) is 39.7. The normalized spacial score (nSPS) is 23.7. The van der Waals surface area contributed by atoms with Gasteiger partial charge < -0.3 is 15.0 Å². The number of amides is 1. The van der Waals surface area contributed by atoms with Crippen molar-refractivity contribution in [1.82, 2.24) is 9.88 Å². The number of alkyl halides is 3. The molecule has 1 atom stereocenters. The summed E-state index contributed by atoms with van der Waals surface area (Å²) >= 11 is 0. The van der Waals surface area contributed by atoms with E-state index in [1.807, 2.05) is 0 Å². The lowest BCUT2D eigenvalue weighted by Gasteiger charge is -2.27. The lowest BCUT2D eigenvalue weighted by Crippen LogP contribution is -2.47. The van der Waals surface area contributed by atoms with Crippen LogP contribution in [0.15, 0.2) is 0 Å². The Hall–Kier alpha value is -2.32. The highest BCUT2D eigenvalue weighted by Gasteiger charge is 2.64. The van der Waals surface area contributed by atoms with Crippen molar-refractivity contribution in [3.05, 3.63) is 22.5 Å². The van der Waals surface area contributed by atoms with Crippen LogP contribution in [0.4, 0.5) is 13.2 Å². The van der Waals surface area contributed by atoms with Crippen molar-refractivity contribution in [1.29, 1.82) is 0 Å². The second-order valence-corrected chi connectivity index (χ2v) is 6.62. The minimum Gasteiger partial charge on any atom is -0.481 e. The number of aromatic nitrogens is 1. The first kappa shape index (κ1) is 17.5. The smallest absolute Gasteiger partial charge is 0.406 e. The van der Waals surface area contributed by atoms with E-state index in [2.05, 4.69) is 4.98 Å². The molecule has 2 N–H and O–H groups in total. The maximum absolute atomic E-state index is 13.3. The van der Waals surface area contributed by atoms with Gasteiger partial charge in [0.05, 0.1) is 0 Å². The number of hydrogen-bond acceptors (Lipinski definition) is 3. The van der Waals surface area contributed by atoms with Gasteiger partial charge in [-0.25, -0.2) is 0 Å². The number of halogens is 3. The van der Waals surface area contributed by atoms with Gasteiger partial charge in [0.15, 0.2) is 11.2 Å². The van der Waals surface area contributed by atoms with Crippen molar-refractivity contribution >= 4 is 17.7 Å². The molecule has 2 aliphatic rings. The van der Waals surface area contributed by atoms with Gasteiger partial charge in [-0.15, -0.1) is 0 Å². The second kappa shape index (κ2) is 5.60. The van der Waals surface area contributed by atoms with Crippen LogP contribution in [0.5, 0.6) is 0 Å². The van der Waals surface area contributed by atoms with E-state index < -0.39 is 36.4 Å². The SMILES string of the molecule is Cc1c(C(=O)N2CCC(C(=O)O)(C(F)(F)F)C2)[nH]c2c1C(=O)CCC2. The fraction of sp³-hybridized carbons (Fsp3) is 0.562. The molecule has 25 heavy (non-hydrogen) atoms. The first-order valence-electron chi connectivity index (χ1n) is 7.92. The fourth-order valence-electron chi connectivity index (χ4n) is 3.66. The van der Waals surface area contributed by atoms with Crippen molar-refractivity contribution in [3.8, 4) is 0 Å². The molecule has 136 valence electrons. The summed E-state index contributed by atoms with van der Waals surface area (Å²) in [7, 11) is 0. The predicted molar refractivity (Wildman–Crippen MR) is 79.4 cm³/mol. The molecular weight excluding hydrogens is 341 g/mol. The van der Waals surface area contributed by atoms with Gasteiger partial charge in [0.2, 0.25) is 0 Å². The summed E-state index contributed by atoms with van der Waals surface area (Å²) < 4.78 is 39.8. The monoisotopic (exact) mass is 358 g/mol. The van der Waals surface area contributed by atoms with Crippen molar-refractivity contribution in [2.45, 2.75) is 38.8 Å². The van der Waals surface area contributed by atoms with Gasteiger partial charge in [0.1, 0.15) is 5.69 Å². The number of nitrogens with zero attached hydrogens (tertiary/aromatic N) is 1. The number of aliphatic carboxylic acids is 1. The molecule has 1 fully saturated rings. The number of aryl methyl sites for hydroxylation is 1. The quantitative estimate of drug-likeness (QED) is 0.849. The van der Waals surface area contributed by atoms with Crippen LogP contribution in [0.2, 0.25) is 0 Å². The zero-order valence-corrected chi connectivity index (χ0v) is 13.5. The van der Waals surface area contributed by atoms with Crippen LogP contribution in [-0.2, 0) is 11.2 Å². The number of nitrogens with one attached hydrogen (secondary N) is 1. The Bertz CT molecular complexity index is 768. The molecule has 2 heterocycles. The predicted octanol–water partition coefficient (Wildman–Crippen LogP) is 2.32. The summed E-state index contributed by atoms with van der Waals surface area (Å²) in [6, 6.07) is 0. The molecule has 0 spiro atoms. The Morgan fingerprint density at radius 2 is 1.96 bits per heavy atom. The molecule has 1 aliphatic carbocycles. The van der Waals surface area contributed by atoms with Crippen molar-refractivity contribution < 1.29 is 32.7 Å². The van der Waals surface area contributed by atoms with Gasteiger partial charge in [0.25, 0.3) is 5.91 Å². The molecule has 9 heteroatoms. The molecule has 3 rings (SSSR count). The van der Waals surface area contributed by atoms with Crippen molar-refractivity contribution in [3.63, 3.8) is 0 Å². The third kappa shape index (κ3) is 2.52. The maximum atomic E-state index is 13.3. The van der Waals surface area contributed by atoms with Gasteiger partial charge >= 0.3 is 12.1 Å². The topological polar surface area (TPSA) is 90.5 Å². The minimum atomic E-state index is -4.95. The molecule has 0 radical (unpaired) electrons. The zero-order valence-electron chi connectivity index (χ0n) is 13.5. The molecular formula is C16H17F3N2O4. The van der Waals surface area contributed by atoms with Gasteiger partial charge in [-0.1, -0.05) is 0 Å². The van der Waals surface area contributed by atoms with Gasteiger partial charge in [-0.3, -0.25) is 14.4 Å². The molecule has 1 aliphatic heterocycles. The Morgan fingerprint density at radius 3 is 2.48 bits per heavy atom. The third-order valence-electron chi connectivity index (χ3n) is 5.16. The summed E-state index contributed by atoms with van der Waals surface area (Å²) in [6.45, 7) is 0.347. The molecule has 0 saturated carbocycles. The highest BCUT2D eigenvalue weighted by molar-refractivity contribution is 6.04. The Balaban J connectivity index is 1.91. The van der Waals surface area contributed by atoms with Gasteiger partial charge in [-0.05, 0) is 31.7 Å². The van der Waals surface area contributed by atoms with E-state index >= 15 is 0 Å². The van der Waals surface area contributed by atoms with E-state index in [0.717, 1.165) is 4.90 Å². The van der Waals surface area contributed by atoms with Crippen LogP contribution >= 0.6 is 0 Å². The summed E-state index contributed by atoms with van der Waals surface area (Å²) in [5, 5.41) is 9.08. The molecule has 6 nitrogen and oxygen atoms in total. The number of H-pyrrole nitrogens is 1. The maximum Gasteiger partial charge on any atom is 0.406 e. The first-order valence-corrected chi connectivity index (χ1v) is 7.92. The molecule has 0 aromatic carbocycles. The minimum absolute atomic E-state index is 0.0728. The number of Topliss-reactive ketones (excluding diaryl/α,β-unsaturated/α-hetero) is 1. The zero-order chi connectivity index (χ0) is 18.6. The number of carboxylic acid groups (broad SMARTS) is 1. The van der Waals surface area contributed by atoms with E-state index in [1.54, 1.807) is 6.92 Å². The Labute approximate surface area is 141 Å². The first-order chi connectivity index (χ1) is 11.6. The lowest BCUT2D eigenvalue weighted by atomic mass is 9.86. The fourth-order valence-corrected chi connectivity index (χ4v) is 3.66. The largest absolute Gasteiger partial charge is 0.481 e. The number of rotatable bonds is 2. The van der Waals surface area contributed by atoms with Crippen LogP contribution in [0.1, 0.15) is 51.4 Å². The summed E-state index contributed by atoms with van der Waals surface area (Å²) in [6.07, 6.45) is -4.01. The van der Waals surface area contributed by atoms with E-state index in [1.165, 1.54) is 0 Å². The molecule has 1 aromatic heterocycles. The average molecular weight is 358 g/mol. The molecule has 0 bridgehead atoms. The van der Waals surface area contributed by atoms with Crippen LogP contribution in [0.25, 0.3) is 0 Å². The Morgan fingerprint density at radius 1 is 1.28 bits per heavy atom. The van der Waals surface area contributed by atoms with Gasteiger partial charge in [0, 0.05) is 30.8 Å². The molecule has 1 unspecified atom stereocenters.